The lowest BCUT2D eigenvalue weighted by atomic mass is 10.1. The average molecular weight is 221 g/mol. The monoisotopic (exact) mass is 221 g/mol. The Labute approximate surface area is 90.3 Å². The molecule has 0 atom stereocenters. The van der Waals surface area contributed by atoms with Crippen LogP contribution in [0.4, 0.5) is 4.39 Å². The summed E-state index contributed by atoms with van der Waals surface area (Å²) in [5.74, 6) is -1.61. The molecule has 0 bridgehead atoms. The Morgan fingerprint density at radius 3 is 2.94 bits per heavy atom. The molecule has 0 saturated heterocycles. The zero-order chi connectivity index (χ0) is 11.7. The first-order chi connectivity index (χ1) is 7.65. The average Bonchev–Trinajstić information content (AvgIpc) is 2.28. The van der Waals surface area contributed by atoms with Gasteiger partial charge < -0.3 is 9.84 Å². The van der Waals surface area contributed by atoms with Crippen LogP contribution in [-0.4, -0.2) is 23.2 Å². The second kappa shape index (κ2) is 3.77. The Hall–Kier alpha value is -2.17. The highest BCUT2D eigenvalue weighted by atomic mass is 19.1. The van der Waals surface area contributed by atoms with Gasteiger partial charge in [-0.05, 0) is 6.07 Å². The fourth-order valence-corrected chi connectivity index (χ4v) is 1.49. The minimum atomic E-state index is -0.726. The molecule has 0 amide bonds. The molecular weight excluding hydrogens is 213 g/mol. The summed E-state index contributed by atoms with van der Waals surface area (Å²) in [6.07, 6.45) is 1.03. The smallest absolute Gasteiger partial charge is 0.342 e. The van der Waals surface area contributed by atoms with Crippen molar-refractivity contribution in [3.8, 4) is 5.75 Å². The predicted octanol–water partition coefficient (Wildman–Crippen LogP) is 1.87. The van der Waals surface area contributed by atoms with Crippen LogP contribution in [0.25, 0.3) is 10.9 Å². The lowest BCUT2D eigenvalue weighted by Gasteiger charge is -2.06. The fraction of sp³-hybridized carbons (Fsp3) is 0.0909. The van der Waals surface area contributed by atoms with E-state index in [0.717, 1.165) is 6.20 Å². The Balaban J connectivity index is 2.85. The number of rotatable bonds is 1. The number of benzene rings is 1. The molecule has 2 aromatic rings. The van der Waals surface area contributed by atoms with Gasteiger partial charge in [0.15, 0.2) is 0 Å². The van der Waals surface area contributed by atoms with Gasteiger partial charge in [0.05, 0.1) is 13.3 Å². The third-order valence-electron chi connectivity index (χ3n) is 2.22. The van der Waals surface area contributed by atoms with Gasteiger partial charge >= 0.3 is 5.97 Å². The highest BCUT2D eigenvalue weighted by Crippen LogP contribution is 2.27. The molecule has 0 unspecified atom stereocenters. The molecule has 4 nitrogen and oxygen atoms in total. The van der Waals surface area contributed by atoms with Crippen LogP contribution in [0.15, 0.2) is 24.4 Å². The molecule has 5 heteroatoms. The number of hydrogen-bond donors (Lipinski definition) is 1. The molecule has 0 radical (unpaired) electrons. The number of hydrogen-bond acceptors (Lipinski definition) is 4. The summed E-state index contributed by atoms with van der Waals surface area (Å²) < 4.78 is 17.9. The summed E-state index contributed by atoms with van der Waals surface area (Å²) in [5.41, 5.74) is -0.0484. The highest BCUT2D eigenvalue weighted by molar-refractivity contribution is 6.05. The van der Waals surface area contributed by atoms with Crippen molar-refractivity contribution < 1.29 is 19.0 Å². The van der Waals surface area contributed by atoms with Gasteiger partial charge in [-0.3, -0.25) is 0 Å². The molecule has 0 aliphatic rings. The number of methoxy groups -OCH3 is 1. The molecule has 1 aromatic heterocycles. The Morgan fingerprint density at radius 2 is 2.25 bits per heavy atom. The molecule has 1 aromatic carbocycles. The first-order valence-corrected chi connectivity index (χ1v) is 4.49. The summed E-state index contributed by atoms with van der Waals surface area (Å²) in [6, 6.07) is 4.16. The van der Waals surface area contributed by atoms with Gasteiger partial charge in [0.25, 0.3) is 0 Å². The van der Waals surface area contributed by atoms with Gasteiger partial charge in [-0.15, -0.1) is 0 Å². The maximum atomic E-state index is 13.4. The molecule has 2 rings (SSSR count). The van der Waals surface area contributed by atoms with E-state index in [-0.39, 0.29) is 22.2 Å². The topological polar surface area (TPSA) is 59.4 Å². The van der Waals surface area contributed by atoms with Crippen LogP contribution in [0.5, 0.6) is 5.75 Å². The van der Waals surface area contributed by atoms with E-state index in [1.54, 1.807) is 0 Å². The number of ether oxygens (including phenoxy) is 1. The first-order valence-electron chi connectivity index (χ1n) is 4.49. The molecule has 0 saturated carbocycles. The zero-order valence-corrected chi connectivity index (χ0v) is 8.40. The van der Waals surface area contributed by atoms with E-state index in [2.05, 4.69) is 9.72 Å². The van der Waals surface area contributed by atoms with Crippen LogP contribution in [0.1, 0.15) is 10.4 Å². The Morgan fingerprint density at radius 1 is 1.50 bits per heavy atom. The van der Waals surface area contributed by atoms with Crippen molar-refractivity contribution in [1.82, 2.24) is 4.98 Å². The van der Waals surface area contributed by atoms with Crippen LogP contribution >= 0.6 is 0 Å². The number of pyridine rings is 1. The van der Waals surface area contributed by atoms with Gasteiger partial charge in [-0.1, -0.05) is 12.1 Å². The molecule has 0 aliphatic heterocycles. The quantitative estimate of drug-likeness (QED) is 0.747. The van der Waals surface area contributed by atoms with Gasteiger partial charge in [0, 0.05) is 5.39 Å². The van der Waals surface area contributed by atoms with Crippen LogP contribution in [0, 0.1) is 5.82 Å². The summed E-state index contributed by atoms with van der Waals surface area (Å²) >= 11 is 0. The van der Waals surface area contributed by atoms with Gasteiger partial charge in [-0.2, -0.15) is 0 Å². The zero-order valence-electron chi connectivity index (χ0n) is 8.40. The number of aromatic hydroxyl groups is 1. The van der Waals surface area contributed by atoms with Crippen LogP contribution in [0.3, 0.4) is 0 Å². The van der Waals surface area contributed by atoms with Crippen molar-refractivity contribution in [2.45, 2.75) is 0 Å². The van der Waals surface area contributed by atoms with Crippen molar-refractivity contribution in [1.29, 1.82) is 0 Å². The Kier molecular flexibility index (Phi) is 2.44. The number of fused-ring (bicyclic) bond motifs is 1. The summed E-state index contributed by atoms with van der Waals surface area (Å²) in [6.45, 7) is 0. The van der Waals surface area contributed by atoms with E-state index in [9.17, 15) is 14.3 Å². The largest absolute Gasteiger partial charge is 0.505 e. The number of carbonyl (C=O) groups is 1. The molecule has 1 N–H and O–H groups in total. The molecule has 0 fully saturated rings. The molecular formula is C11H8FNO3. The summed E-state index contributed by atoms with van der Waals surface area (Å²) in [4.78, 5) is 15.2. The van der Waals surface area contributed by atoms with E-state index in [0.29, 0.717) is 0 Å². The van der Waals surface area contributed by atoms with Gasteiger partial charge in [0.2, 0.25) is 0 Å². The van der Waals surface area contributed by atoms with Crippen LogP contribution in [0.2, 0.25) is 0 Å². The lowest BCUT2D eigenvalue weighted by Crippen LogP contribution is -2.03. The van der Waals surface area contributed by atoms with Crippen molar-refractivity contribution >= 4 is 16.9 Å². The van der Waals surface area contributed by atoms with Crippen molar-refractivity contribution in [2.24, 2.45) is 0 Å². The van der Waals surface area contributed by atoms with E-state index in [1.807, 2.05) is 0 Å². The maximum Gasteiger partial charge on any atom is 0.342 e. The second-order valence-electron chi connectivity index (χ2n) is 3.15. The first kappa shape index (κ1) is 10.4. The van der Waals surface area contributed by atoms with E-state index in [1.165, 1.54) is 25.3 Å². The van der Waals surface area contributed by atoms with Crippen LogP contribution in [-0.2, 0) is 4.74 Å². The number of esters is 1. The highest BCUT2D eigenvalue weighted by Gasteiger charge is 2.17. The van der Waals surface area contributed by atoms with Gasteiger partial charge in [-0.25, -0.2) is 14.2 Å². The van der Waals surface area contributed by atoms with Crippen LogP contribution < -0.4 is 0 Å². The second-order valence-corrected chi connectivity index (χ2v) is 3.15. The predicted molar refractivity (Wildman–Crippen MR) is 54.7 cm³/mol. The van der Waals surface area contributed by atoms with Crippen molar-refractivity contribution in [3.63, 3.8) is 0 Å². The third kappa shape index (κ3) is 1.46. The molecule has 1 heterocycles. The minimum Gasteiger partial charge on any atom is -0.505 e. The normalized spacial score (nSPS) is 10.4. The molecule has 0 aliphatic carbocycles. The SMILES string of the molecule is COC(=O)c1c(O)cnc2c(F)cccc12. The van der Waals surface area contributed by atoms with E-state index < -0.39 is 11.8 Å². The van der Waals surface area contributed by atoms with E-state index in [4.69, 9.17) is 0 Å². The number of carbonyl (C=O) groups excluding carboxylic acids is 1. The fourth-order valence-electron chi connectivity index (χ4n) is 1.49. The number of nitrogens with zero attached hydrogens (tertiary/aromatic N) is 1. The molecule has 82 valence electrons. The van der Waals surface area contributed by atoms with Crippen molar-refractivity contribution in [3.05, 3.63) is 35.8 Å². The van der Waals surface area contributed by atoms with Crippen molar-refractivity contribution in [2.75, 3.05) is 7.11 Å². The lowest BCUT2D eigenvalue weighted by molar-refractivity contribution is 0.0599. The molecule has 0 spiro atoms. The summed E-state index contributed by atoms with van der Waals surface area (Å²) in [5, 5.41) is 9.74. The standard InChI is InChI=1S/C11H8FNO3/c1-16-11(15)9-6-3-2-4-7(12)10(6)13-5-8(9)14/h2-5,14H,1H3. The summed E-state index contributed by atoms with van der Waals surface area (Å²) in [7, 11) is 1.19. The van der Waals surface area contributed by atoms with E-state index >= 15 is 0 Å². The molecule has 16 heavy (non-hydrogen) atoms. The number of para-hydroxylation sites is 1. The van der Waals surface area contributed by atoms with Gasteiger partial charge in [0.1, 0.15) is 22.6 Å². The minimum absolute atomic E-state index is 0.0284. The maximum absolute atomic E-state index is 13.4. The number of halogens is 1. The Bertz CT molecular complexity index is 568. The number of aromatic nitrogens is 1. The third-order valence-corrected chi connectivity index (χ3v) is 2.22.